The summed E-state index contributed by atoms with van der Waals surface area (Å²) >= 11 is 1.24. The molecule has 0 aliphatic carbocycles. The van der Waals surface area contributed by atoms with Gasteiger partial charge in [-0.15, -0.1) is 11.3 Å². The van der Waals surface area contributed by atoms with Crippen LogP contribution < -0.4 is 10.0 Å². The maximum atomic E-state index is 12.2. The standard InChI is InChI=1S/C18H24N4O5S2/c1-18(2,3)27-17(24)22(4)10-15(23)20-16-19-14(11-28-16)12-6-8-13(9-7-12)21-29(5,25)26/h6-9,11,21H,10H2,1-5H3,(H,19,20,23). The van der Waals surface area contributed by atoms with Crippen molar-refractivity contribution < 1.29 is 22.7 Å². The van der Waals surface area contributed by atoms with Crippen LogP contribution in [0, 0.1) is 0 Å². The monoisotopic (exact) mass is 440 g/mol. The first-order valence-corrected chi connectivity index (χ1v) is 11.4. The minimum Gasteiger partial charge on any atom is -0.444 e. The van der Waals surface area contributed by atoms with E-state index in [2.05, 4.69) is 15.0 Å². The van der Waals surface area contributed by atoms with E-state index in [-0.39, 0.29) is 6.54 Å². The van der Waals surface area contributed by atoms with E-state index in [1.807, 2.05) is 0 Å². The highest BCUT2D eigenvalue weighted by Crippen LogP contribution is 2.26. The fourth-order valence-corrected chi connectivity index (χ4v) is 3.47. The molecule has 2 N–H and O–H groups in total. The highest BCUT2D eigenvalue weighted by Gasteiger charge is 2.21. The number of ether oxygens (including phenoxy) is 1. The van der Waals surface area contributed by atoms with E-state index in [0.717, 1.165) is 11.8 Å². The quantitative estimate of drug-likeness (QED) is 0.713. The molecule has 0 bridgehead atoms. The average Bonchev–Trinajstić information content (AvgIpc) is 3.00. The molecule has 2 amide bonds. The van der Waals surface area contributed by atoms with Gasteiger partial charge in [-0.25, -0.2) is 18.2 Å². The largest absolute Gasteiger partial charge is 0.444 e. The topological polar surface area (TPSA) is 118 Å². The summed E-state index contributed by atoms with van der Waals surface area (Å²) in [4.78, 5) is 29.6. The maximum absolute atomic E-state index is 12.2. The number of benzene rings is 1. The van der Waals surface area contributed by atoms with Crippen molar-refractivity contribution in [2.45, 2.75) is 26.4 Å². The van der Waals surface area contributed by atoms with E-state index in [1.54, 1.807) is 50.4 Å². The van der Waals surface area contributed by atoms with Crippen LogP contribution in [0.1, 0.15) is 20.8 Å². The lowest BCUT2D eigenvalue weighted by molar-refractivity contribution is -0.117. The minimum atomic E-state index is -3.34. The predicted octanol–water partition coefficient (Wildman–Crippen LogP) is 2.99. The number of thiazole rings is 1. The van der Waals surface area contributed by atoms with Crippen LogP contribution in [0.4, 0.5) is 15.6 Å². The Labute approximate surface area is 174 Å². The van der Waals surface area contributed by atoms with Crippen molar-refractivity contribution in [2.75, 3.05) is 29.9 Å². The summed E-state index contributed by atoms with van der Waals surface area (Å²) in [5.41, 5.74) is 1.21. The Bertz CT molecular complexity index is 978. The van der Waals surface area contributed by atoms with Gasteiger partial charge in [-0.1, -0.05) is 12.1 Å². The molecule has 158 valence electrons. The van der Waals surface area contributed by atoms with Crippen molar-refractivity contribution in [1.82, 2.24) is 9.88 Å². The SMILES string of the molecule is CN(CC(=O)Nc1nc(-c2ccc(NS(C)(=O)=O)cc2)cs1)C(=O)OC(C)(C)C. The lowest BCUT2D eigenvalue weighted by atomic mass is 10.1. The van der Waals surface area contributed by atoms with Crippen LogP contribution in [0.15, 0.2) is 29.6 Å². The van der Waals surface area contributed by atoms with Gasteiger partial charge in [0, 0.05) is 23.7 Å². The molecular weight excluding hydrogens is 416 g/mol. The summed E-state index contributed by atoms with van der Waals surface area (Å²) in [6.07, 6.45) is 0.492. The second kappa shape index (κ2) is 8.78. The number of hydrogen-bond donors (Lipinski definition) is 2. The van der Waals surface area contributed by atoms with Crippen molar-refractivity contribution in [3.05, 3.63) is 29.6 Å². The molecule has 29 heavy (non-hydrogen) atoms. The zero-order valence-electron chi connectivity index (χ0n) is 16.8. The molecule has 0 saturated heterocycles. The summed E-state index contributed by atoms with van der Waals surface area (Å²) < 4.78 is 30.1. The fourth-order valence-electron chi connectivity index (χ4n) is 2.17. The molecule has 2 rings (SSSR count). The number of carbonyl (C=O) groups is 2. The van der Waals surface area contributed by atoms with E-state index in [9.17, 15) is 18.0 Å². The molecule has 0 saturated carbocycles. The molecule has 0 fully saturated rings. The predicted molar refractivity (Wildman–Crippen MR) is 114 cm³/mol. The number of nitrogens with zero attached hydrogens (tertiary/aromatic N) is 2. The van der Waals surface area contributed by atoms with Gasteiger partial charge in [0.05, 0.1) is 11.9 Å². The van der Waals surface area contributed by atoms with Gasteiger partial charge in [0.2, 0.25) is 15.9 Å². The number of sulfonamides is 1. The number of carbonyl (C=O) groups excluding carboxylic acids is 2. The van der Waals surface area contributed by atoms with Crippen LogP contribution in [-0.4, -0.2) is 55.8 Å². The Balaban J connectivity index is 1.96. The number of nitrogens with one attached hydrogen (secondary N) is 2. The maximum Gasteiger partial charge on any atom is 0.410 e. The minimum absolute atomic E-state index is 0.171. The van der Waals surface area contributed by atoms with Crippen molar-refractivity contribution in [2.24, 2.45) is 0 Å². The van der Waals surface area contributed by atoms with Crippen molar-refractivity contribution in [3.8, 4) is 11.3 Å². The number of anilines is 2. The van der Waals surface area contributed by atoms with Crippen molar-refractivity contribution in [3.63, 3.8) is 0 Å². The van der Waals surface area contributed by atoms with E-state index in [0.29, 0.717) is 16.5 Å². The Morgan fingerprint density at radius 1 is 1.21 bits per heavy atom. The molecule has 0 radical (unpaired) electrons. The summed E-state index contributed by atoms with van der Waals surface area (Å²) in [6, 6.07) is 6.71. The van der Waals surface area contributed by atoms with Gasteiger partial charge in [0.25, 0.3) is 0 Å². The van der Waals surface area contributed by atoms with Crippen LogP contribution in [0.2, 0.25) is 0 Å². The van der Waals surface area contributed by atoms with Gasteiger partial charge >= 0.3 is 6.09 Å². The first-order valence-electron chi connectivity index (χ1n) is 8.60. The van der Waals surface area contributed by atoms with E-state index >= 15 is 0 Å². The molecule has 0 aliphatic rings. The number of hydrogen-bond acceptors (Lipinski definition) is 7. The fraction of sp³-hybridized carbons (Fsp3) is 0.389. The Kier molecular flexibility index (Phi) is 6.85. The third-order valence-electron chi connectivity index (χ3n) is 3.32. The Hall–Kier alpha value is -2.66. The van der Waals surface area contributed by atoms with Crippen LogP contribution in [0.3, 0.4) is 0 Å². The lowest BCUT2D eigenvalue weighted by Crippen LogP contribution is -2.38. The van der Waals surface area contributed by atoms with Gasteiger partial charge in [-0.3, -0.25) is 9.52 Å². The summed E-state index contributed by atoms with van der Waals surface area (Å²) in [5, 5.41) is 4.81. The second-order valence-electron chi connectivity index (χ2n) is 7.37. The first-order chi connectivity index (χ1) is 13.3. The molecule has 0 spiro atoms. The summed E-state index contributed by atoms with van der Waals surface area (Å²) in [6.45, 7) is 5.08. The van der Waals surface area contributed by atoms with E-state index in [1.165, 1.54) is 23.3 Å². The highest BCUT2D eigenvalue weighted by atomic mass is 32.2. The average molecular weight is 441 g/mol. The normalized spacial score (nSPS) is 11.6. The molecular formula is C18H24N4O5S2. The summed E-state index contributed by atoms with van der Waals surface area (Å²) in [7, 11) is -1.86. The lowest BCUT2D eigenvalue weighted by Gasteiger charge is -2.24. The summed E-state index contributed by atoms with van der Waals surface area (Å²) in [5.74, 6) is -0.396. The molecule has 1 aromatic carbocycles. The number of amides is 2. The second-order valence-corrected chi connectivity index (χ2v) is 9.98. The molecule has 0 unspecified atom stereocenters. The molecule has 11 heteroatoms. The Morgan fingerprint density at radius 2 is 1.83 bits per heavy atom. The van der Waals surface area contributed by atoms with Crippen LogP contribution in [0.5, 0.6) is 0 Å². The Morgan fingerprint density at radius 3 is 2.38 bits per heavy atom. The van der Waals surface area contributed by atoms with Gasteiger partial charge < -0.3 is 15.0 Å². The van der Waals surface area contributed by atoms with Gasteiger partial charge in [0.1, 0.15) is 12.1 Å². The molecule has 0 aliphatic heterocycles. The zero-order valence-corrected chi connectivity index (χ0v) is 18.5. The van der Waals surface area contributed by atoms with Crippen molar-refractivity contribution in [1.29, 1.82) is 0 Å². The third kappa shape index (κ3) is 7.70. The third-order valence-corrected chi connectivity index (χ3v) is 4.68. The molecule has 0 atom stereocenters. The number of rotatable bonds is 6. The van der Waals surface area contributed by atoms with Gasteiger partial charge in [0.15, 0.2) is 5.13 Å². The molecule has 9 nitrogen and oxygen atoms in total. The van der Waals surface area contributed by atoms with Crippen LogP contribution in [-0.2, 0) is 19.6 Å². The zero-order chi connectivity index (χ0) is 21.8. The van der Waals surface area contributed by atoms with Crippen LogP contribution >= 0.6 is 11.3 Å². The molecule has 1 aromatic heterocycles. The first kappa shape index (κ1) is 22.6. The molecule has 1 heterocycles. The number of aromatic nitrogens is 1. The van der Waals surface area contributed by atoms with Crippen LogP contribution in [0.25, 0.3) is 11.3 Å². The highest BCUT2D eigenvalue weighted by molar-refractivity contribution is 7.92. The van der Waals surface area contributed by atoms with Gasteiger partial charge in [-0.05, 0) is 32.9 Å². The number of likely N-dealkylation sites (N-methyl/N-ethyl adjacent to an activating group) is 1. The van der Waals surface area contributed by atoms with Gasteiger partial charge in [-0.2, -0.15) is 0 Å². The molecule has 2 aromatic rings. The van der Waals surface area contributed by atoms with Crippen molar-refractivity contribution >= 4 is 44.2 Å². The van der Waals surface area contributed by atoms with E-state index in [4.69, 9.17) is 4.74 Å². The smallest absolute Gasteiger partial charge is 0.410 e. The van der Waals surface area contributed by atoms with E-state index < -0.39 is 27.6 Å².